The maximum Gasteiger partial charge on any atom is 0.472 e. The van der Waals surface area contributed by atoms with Crippen LogP contribution in [-0.2, 0) is 24.8 Å². The SMILES string of the molecule is CCCCCCCCCCCCCOc1cccc(CC(COP(=O)(O)OC(CC)CCCN(C)C)CC(C)=O)c1. The number of nitrogens with zero attached hydrogens (tertiary/aromatic N) is 1. The van der Waals surface area contributed by atoms with Gasteiger partial charge in [0.15, 0.2) is 0 Å². The highest BCUT2D eigenvalue weighted by Gasteiger charge is 2.27. The molecule has 0 aliphatic rings. The van der Waals surface area contributed by atoms with Crippen molar-refractivity contribution in [2.75, 3.05) is 33.9 Å². The van der Waals surface area contributed by atoms with Crippen LogP contribution in [0.15, 0.2) is 24.3 Å². The van der Waals surface area contributed by atoms with Gasteiger partial charge < -0.3 is 19.3 Å². The fourth-order valence-electron chi connectivity index (χ4n) is 5.03. The summed E-state index contributed by atoms with van der Waals surface area (Å²) in [5, 5.41) is 0. The Balaban J connectivity index is 2.44. The summed E-state index contributed by atoms with van der Waals surface area (Å²) < 4.78 is 29.5. The quantitative estimate of drug-likeness (QED) is 0.0801. The van der Waals surface area contributed by atoms with Crippen LogP contribution in [0.3, 0.4) is 0 Å². The summed E-state index contributed by atoms with van der Waals surface area (Å²) in [4.78, 5) is 24.4. The number of benzene rings is 1. The largest absolute Gasteiger partial charge is 0.494 e. The third kappa shape index (κ3) is 21.2. The summed E-state index contributed by atoms with van der Waals surface area (Å²) in [6, 6.07) is 7.90. The van der Waals surface area contributed by atoms with Gasteiger partial charge in [0.25, 0.3) is 0 Å². The second-order valence-electron chi connectivity index (χ2n) is 11.9. The number of carbonyl (C=O) groups is 1. The molecule has 41 heavy (non-hydrogen) atoms. The molecule has 3 unspecified atom stereocenters. The van der Waals surface area contributed by atoms with Crippen LogP contribution in [0.1, 0.15) is 123 Å². The van der Waals surface area contributed by atoms with E-state index < -0.39 is 7.82 Å². The second-order valence-corrected chi connectivity index (χ2v) is 13.3. The van der Waals surface area contributed by atoms with E-state index in [1.807, 2.05) is 45.3 Å². The molecule has 0 heterocycles. The first kappa shape index (κ1) is 37.8. The van der Waals surface area contributed by atoms with Crippen LogP contribution < -0.4 is 4.74 Å². The molecule has 0 saturated heterocycles. The number of carbonyl (C=O) groups excluding carboxylic acids is 1. The highest BCUT2D eigenvalue weighted by atomic mass is 31.2. The van der Waals surface area contributed by atoms with Crippen molar-refractivity contribution in [2.45, 2.75) is 130 Å². The molecular formula is C33H60NO6P. The zero-order chi connectivity index (χ0) is 30.3. The molecule has 238 valence electrons. The zero-order valence-corrected chi connectivity index (χ0v) is 27.7. The molecule has 0 aliphatic heterocycles. The van der Waals surface area contributed by atoms with E-state index in [2.05, 4.69) is 11.8 Å². The highest BCUT2D eigenvalue weighted by molar-refractivity contribution is 7.47. The third-order valence-corrected chi connectivity index (χ3v) is 8.40. The maximum absolute atomic E-state index is 12.7. The summed E-state index contributed by atoms with van der Waals surface area (Å²) in [5.41, 5.74) is 1.01. The number of rotatable bonds is 27. The number of hydrogen-bond acceptors (Lipinski definition) is 6. The standard InChI is InChI=1S/C33H60NO6P/c1-6-8-9-10-11-12-13-14-15-16-17-24-38-33-21-18-20-30(27-33)26-31(25-29(3)35)28-39-41(36,37)40-32(7-2)22-19-23-34(4)5/h18,20-21,27,31-32H,6-17,19,22-26,28H2,1-5H3,(H,36,37). The van der Waals surface area contributed by atoms with Crippen LogP contribution >= 0.6 is 7.82 Å². The van der Waals surface area contributed by atoms with Crippen molar-refractivity contribution < 1.29 is 28.0 Å². The van der Waals surface area contributed by atoms with Gasteiger partial charge in [-0.2, -0.15) is 0 Å². The van der Waals surface area contributed by atoms with E-state index >= 15 is 0 Å². The van der Waals surface area contributed by atoms with E-state index in [0.29, 0.717) is 25.9 Å². The van der Waals surface area contributed by atoms with Crippen LogP contribution in [0.2, 0.25) is 0 Å². The zero-order valence-electron chi connectivity index (χ0n) is 26.8. The molecule has 8 heteroatoms. The Morgan fingerprint density at radius 2 is 1.59 bits per heavy atom. The first-order valence-corrected chi connectivity index (χ1v) is 17.7. The fraction of sp³-hybridized carbons (Fsp3) is 0.788. The average molecular weight is 598 g/mol. The molecule has 0 radical (unpaired) electrons. The number of phosphoric ester groups is 1. The van der Waals surface area contributed by atoms with Crippen molar-refractivity contribution in [1.29, 1.82) is 0 Å². The average Bonchev–Trinajstić information content (AvgIpc) is 2.91. The molecule has 3 atom stereocenters. The van der Waals surface area contributed by atoms with E-state index in [0.717, 1.165) is 30.7 Å². The first-order chi connectivity index (χ1) is 19.6. The minimum absolute atomic E-state index is 0.0197. The molecule has 1 rings (SSSR count). The van der Waals surface area contributed by atoms with Gasteiger partial charge in [0.05, 0.1) is 19.3 Å². The van der Waals surface area contributed by atoms with Gasteiger partial charge in [-0.05, 0) is 83.3 Å². The summed E-state index contributed by atoms with van der Waals surface area (Å²) in [7, 11) is -0.231. The molecule has 1 aromatic rings. The smallest absolute Gasteiger partial charge is 0.472 e. The summed E-state index contributed by atoms with van der Waals surface area (Å²) in [5.74, 6) is 0.607. The van der Waals surface area contributed by atoms with Gasteiger partial charge in [0.1, 0.15) is 11.5 Å². The normalized spacial score (nSPS) is 14.6. The number of unbranched alkanes of at least 4 members (excludes halogenated alkanes) is 10. The van der Waals surface area contributed by atoms with Crippen molar-refractivity contribution in [3.05, 3.63) is 29.8 Å². The topological polar surface area (TPSA) is 85.3 Å². The Hall–Kier alpha value is -1.24. The molecule has 0 aliphatic carbocycles. The van der Waals surface area contributed by atoms with E-state index in [1.54, 1.807) is 0 Å². The molecular weight excluding hydrogens is 537 g/mol. The molecule has 0 bridgehead atoms. The molecule has 0 amide bonds. The van der Waals surface area contributed by atoms with Crippen LogP contribution in [0.25, 0.3) is 0 Å². The van der Waals surface area contributed by atoms with Gasteiger partial charge >= 0.3 is 7.82 Å². The van der Waals surface area contributed by atoms with Gasteiger partial charge in [-0.25, -0.2) is 4.57 Å². The molecule has 0 aromatic heterocycles. The summed E-state index contributed by atoms with van der Waals surface area (Å²) in [6.07, 6.45) is 17.0. The van der Waals surface area contributed by atoms with Crippen molar-refractivity contribution >= 4 is 13.6 Å². The number of Topliss-reactive ketones (excluding diaryl/α,β-unsaturated/α-hetero) is 1. The first-order valence-electron chi connectivity index (χ1n) is 16.2. The van der Waals surface area contributed by atoms with Gasteiger partial charge in [-0.15, -0.1) is 0 Å². The lowest BCUT2D eigenvalue weighted by Gasteiger charge is -2.22. The molecule has 7 nitrogen and oxygen atoms in total. The van der Waals surface area contributed by atoms with Crippen LogP contribution in [0.5, 0.6) is 5.75 Å². The lowest BCUT2D eigenvalue weighted by atomic mass is 9.95. The molecule has 1 aromatic carbocycles. The van der Waals surface area contributed by atoms with Crippen LogP contribution in [0, 0.1) is 5.92 Å². The van der Waals surface area contributed by atoms with Crippen LogP contribution in [-0.4, -0.2) is 55.5 Å². The minimum atomic E-state index is -4.23. The van der Waals surface area contributed by atoms with Crippen LogP contribution in [0.4, 0.5) is 0 Å². The Kier molecular flexibility index (Phi) is 21.4. The predicted octanol–water partition coefficient (Wildman–Crippen LogP) is 8.77. The van der Waals surface area contributed by atoms with E-state index in [9.17, 15) is 14.3 Å². The molecule has 0 saturated carbocycles. The highest BCUT2D eigenvalue weighted by Crippen LogP contribution is 2.46. The van der Waals surface area contributed by atoms with Crippen molar-refractivity contribution in [3.8, 4) is 5.75 Å². The van der Waals surface area contributed by atoms with E-state index in [1.165, 1.54) is 71.1 Å². The number of hydrogen-bond donors (Lipinski definition) is 1. The number of ether oxygens (including phenoxy) is 1. The lowest BCUT2D eigenvalue weighted by Crippen LogP contribution is -2.19. The molecule has 1 N–H and O–H groups in total. The Morgan fingerprint density at radius 3 is 2.17 bits per heavy atom. The van der Waals surface area contributed by atoms with Gasteiger partial charge in [0, 0.05) is 6.42 Å². The van der Waals surface area contributed by atoms with Gasteiger partial charge in [0.2, 0.25) is 0 Å². The minimum Gasteiger partial charge on any atom is -0.494 e. The number of ketones is 1. The Morgan fingerprint density at radius 1 is 0.951 bits per heavy atom. The van der Waals surface area contributed by atoms with Crippen molar-refractivity contribution in [3.63, 3.8) is 0 Å². The molecule has 0 fully saturated rings. The third-order valence-electron chi connectivity index (χ3n) is 7.36. The second kappa shape index (κ2) is 23.2. The lowest BCUT2D eigenvalue weighted by molar-refractivity contribution is -0.118. The predicted molar refractivity (Wildman–Crippen MR) is 170 cm³/mol. The van der Waals surface area contributed by atoms with Crippen molar-refractivity contribution in [1.82, 2.24) is 4.90 Å². The summed E-state index contributed by atoms with van der Waals surface area (Å²) >= 11 is 0. The van der Waals surface area contributed by atoms with Gasteiger partial charge in [-0.1, -0.05) is 90.2 Å². The fourth-order valence-corrected chi connectivity index (χ4v) is 6.12. The van der Waals surface area contributed by atoms with E-state index in [-0.39, 0.29) is 30.8 Å². The maximum atomic E-state index is 12.7. The number of phosphoric acid groups is 1. The molecule has 0 spiro atoms. The van der Waals surface area contributed by atoms with Gasteiger partial charge in [-0.3, -0.25) is 9.05 Å². The Bertz CT molecular complexity index is 849. The van der Waals surface area contributed by atoms with Crippen molar-refractivity contribution in [2.24, 2.45) is 5.92 Å². The Labute approximate surface area is 251 Å². The summed E-state index contributed by atoms with van der Waals surface area (Å²) in [6.45, 7) is 7.29. The van der Waals surface area contributed by atoms with E-state index in [4.69, 9.17) is 13.8 Å². The monoisotopic (exact) mass is 597 g/mol.